The van der Waals surface area contributed by atoms with Crippen molar-refractivity contribution < 1.29 is 4.79 Å². The largest absolute Gasteiger partial charge is 0.296 e. The zero-order valence-electron chi connectivity index (χ0n) is 12.2. The van der Waals surface area contributed by atoms with Crippen molar-refractivity contribution in [3.63, 3.8) is 0 Å². The molecule has 5 heteroatoms. The van der Waals surface area contributed by atoms with Gasteiger partial charge >= 0.3 is 0 Å². The van der Waals surface area contributed by atoms with Crippen molar-refractivity contribution in [2.24, 2.45) is 5.41 Å². The van der Waals surface area contributed by atoms with Crippen molar-refractivity contribution in [3.8, 4) is 0 Å². The van der Waals surface area contributed by atoms with Gasteiger partial charge in [0.05, 0.1) is 0 Å². The van der Waals surface area contributed by atoms with Crippen LogP contribution in [-0.4, -0.2) is 16.1 Å². The predicted octanol–water partition coefficient (Wildman–Crippen LogP) is 3.69. The van der Waals surface area contributed by atoms with Gasteiger partial charge in [0.25, 0.3) is 5.91 Å². The van der Waals surface area contributed by atoms with Crippen LogP contribution in [0.4, 0.5) is 5.13 Å². The normalized spacial score (nSPS) is 11.4. The van der Waals surface area contributed by atoms with Crippen LogP contribution in [0.15, 0.2) is 24.3 Å². The Kier molecular flexibility index (Phi) is 4.18. The molecule has 4 nitrogen and oxygen atoms in total. The third kappa shape index (κ3) is 4.13. The third-order valence-electron chi connectivity index (χ3n) is 2.68. The molecule has 0 spiro atoms. The number of amides is 1. The van der Waals surface area contributed by atoms with Gasteiger partial charge in [-0.15, -0.1) is 10.2 Å². The van der Waals surface area contributed by atoms with Crippen LogP contribution in [0.5, 0.6) is 0 Å². The molecular formula is C15H19N3OS. The molecule has 1 amide bonds. The summed E-state index contributed by atoms with van der Waals surface area (Å²) in [6.07, 6.45) is 0.852. The number of carbonyl (C=O) groups is 1. The van der Waals surface area contributed by atoms with Crippen molar-refractivity contribution in [2.75, 3.05) is 5.32 Å². The van der Waals surface area contributed by atoms with Crippen LogP contribution in [0.25, 0.3) is 0 Å². The number of hydrogen-bond donors (Lipinski definition) is 1. The van der Waals surface area contributed by atoms with Crippen LogP contribution in [0.1, 0.15) is 41.7 Å². The second-order valence-electron chi connectivity index (χ2n) is 6.06. The van der Waals surface area contributed by atoms with Gasteiger partial charge in [-0.25, -0.2) is 0 Å². The van der Waals surface area contributed by atoms with Gasteiger partial charge in [0.2, 0.25) is 5.13 Å². The summed E-state index contributed by atoms with van der Waals surface area (Å²) in [5.41, 5.74) is 1.92. The number of anilines is 1. The summed E-state index contributed by atoms with van der Waals surface area (Å²) in [6, 6.07) is 7.45. The first-order valence-electron chi connectivity index (χ1n) is 6.54. The van der Waals surface area contributed by atoms with Gasteiger partial charge in [-0.3, -0.25) is 10.1 Å². The number of rotatable bonds is 3. The van der Waals surface area contributed by atoms with Crippen molar-refractivity contribution in [1.82, 2.24) is 10.2 Å². The quantitative estimate of drug-likeness (QED) is 0.937. The van der Waals surface area contributed by atoms with Gasteiger partial charge in [-0.1, -0.05) is 49.8 Å². The number of carbonyl (C=O) groups excluding carboxylic acids is 1. The number of nitrogens with one attached hydrogen (secondary N) is 1. The molecule has 1 aromatic carbocycles. The van der Waals surface area contributed by atoms with Crippen LogP contribution in [0, 0.1) is 12.3 Å². The van der Waals surface area contributed by atoms with E-state index in [4.69, 9.17) is 0 Å². The molecule has 0 aliphatic heterocycles. The maximum Gasteiger partial charge on any atom is 0.257 e. The lowest BCUT2D eigenvalue weighted by Gasteiger charge is -2.14. The Morgan fingerprint density at radius 3 is 2.45 bits per heavy atom. The Morgan fingerprint density at radius 2 is 1.85 bits per heavy atom. The molecule has 0 saturated heterocycles. The summed E-state index contributed by atoms with van der Waals surface area (Å²) < 4.78 is 0. The van der Waals surface area contributed by atoms with Crippen LogP contribution in [0.3, 0.4) is 0 Å². The highest BCUT2D eigenvalue weighted by Gasteiger charge is 2.16. The zero-order chi connectivity index (χ0) is 14.8. The number of benzene rings is 1. The Balaban J connectivity index is 2.03. The first-order chi connectivity index (χ1) is 9.33. The van der Waals surface area contributed by atoms with Crippen LogP contribution < -0.4 is 5.32 Å². The van der Waals surface area contributed by atoms with Crippen molar-refractivity contribution >= 4 is 22.4 Å². The second kappa shape index (κ2) is 5.71. The van der Waals surface area contributed by atoms with Gasteiger partial charge in [0, 0.05) is 12.0 Å². The highest BCUT2D eigenvalue weighted by atomic mass is 32.1. The van der Waals surface area contributed by atoms with E-state index in [9.17, 15) is 4.79 Å². The topological polar surface area (TPSA) is 54.9 Å². The number of nitrogens with zero attached hydrogens (tertiary/aromatic N) is 2. The first-order valence-corrected chi connectivity index (χ1v) is 7.35. The van der Waals surface area contributed by atoms with E-state index in [0.29, 0.717) is 10.7 Å². The molecule has 0 unspecified atom stereocenters. The lowest BCUT2D eigenvalue weighted by molar-refractivity contribution is 0.102. The molecule has 2 rings (SSSR count). The Bertz CT molecular complexity index is 596. The summed E-state index contributed by atoms with van der Waals surface area (Å²) in [5, 5.41) is 12.4. The molecule has 0 aliphatic rings. The van der Waals surface area contributed by atoms with E-state index >= 15 is 0 Å². The average molecular weight is 289 g/mol. The minimum atomic E-state index is -0.150. The van der Waals surface area contributed by atoms with Crippen LogP contribution >= 0.6 is 11.3 Å². The molecule has 2 aromatic rings. The Morgan fingerprint density at radius 1 is 1.20 bits per heavy atom. The van der Waals surface area contributed by atoms with E-state index in [0.717, 1.165) is 17.0 Å². The average Bonchev–Trinajstić information content (AvgIpc) is 2.74. The summed E-state index contributed by atoms with van der Waals surface area (Å²) >= 11 is 1.43. The fourth-order valence-corrected chi connectivity index (χ4v) is 2.74. The minimum Gasteiger partial charge on any atom is -0.296 e. The molecule has 20 heavy (non-hydrogen) atoms. The Hall–Kier alpha value is -1.75. The van der Waals surface area contributed by atoms with Crippen molar-refractivity contribution in [2.45, 2.75) is 34.1 Å². The molecule has 0 saturated carbocycles. The molecule has 0 fully saturated rings. The molecule has 1 aromatic heterocycles. The molecular weight excluding hydrogens is 270 g/mol. The molecule has 0 atom stereocenters. The summed E-state index contributed by atoms with van der Waals surface area (Å²) in [6.45, 7) is 8.45. The lowest BCUT2D eigenvalue weighted by atomic mass is 9.93. The molecule has 106 valence electrons. The summed E-state index contributed by atoms with van der Waals surface area (Å²) in [5.74, 6) is -0.150. The van der Waals surface area contributed by atoms with Crippen LogP contribution in [-0.2, 0) is 6.42 Å². The van der Waals surface area contributed by atoms with Crippen molar-refractivity contribution in [3.05, 3.63) is 40.4 Å². The number of hydrogen-bond acceptors (Lipinski definition) is 4. The van der Waals surface area contributed by atoms with Gasteiger partial charge in [0.1, 0.15) is 5.01 Å². The van der Waals surface area contributed by atoms with E-state index in [-0.39, 0.29) is 11.3 Å². The van der Waals surface area contributed by atoms with E-state index in [1.807, 2.05) is 31.2 Å². The van der Waals surface area contributed by atoms with Gasteiger partial charge < -0.3 is 0 Å². The highest BCUT2D eigenvalue weighted by molar-refractivity contribution is 7.15. The molecule has 0 radical (unpaired) electrons. The van der Waals surface area contributed by atoms with Gasteiger partial charge in [-0.2, -0.15) is 0 Å². The first kappa shape index (κ1) is 14.7. The number of aromatic nitrogens is 2. The zero-order valence-corrected chi connectivity index (χ0v) is 13.0. The smallest absolute Gasteiger partial charge is 0.257 e. The van der Waals surface area contributed by atoms with E-state index in [2.05, 4.69) is 36.3 Å². The minimum absolute atomic E-state index is 0.150. The molecule has 1 heterocycles. The summed E-state index contributed by atoms with van der Waals surface area (Å²) in [7, 11) is 0. The van der Waals surface area contributed by atoms with E-state index < -0.39 is 0 Å². The highest BCUT2D eigenvalue weighted by Crippen LogP contribution is 2.25. The van der Waals surface area contributed by atoms with Crippen LogP contribution in [0.2, 0.25) is 0 Å². The maximum absolute atomic E-state index is 12.0. The second-order valence-corrected chi connectivity index (χ2v) is 7.12. The van der Waals surface area contributed by atoms with E-state index in [1.165, 1.54) is 11.3 Å². The molecule has 0 bridgehead atoms. The number of aryl methyl sites for hydroxylation is 1. The fourth-order valence-electron chi connectivity index (χ4n) is 1.70. The lowest BCUT2D eigenvalue weighted by Crippen LogP contribution is -2.11. The van der Waals surface area contributed by atoms with Gasteiger partial charge in [-0.05, 0) is 24.5 Å². The molecule has 0 aliphatic carbocycles. The summed E-state index contributed by atoms with van der Waals surface area (Å²) in [4.78, 5) is 12.0. The van der Waals surface area contributed by atoms with Crippen molar-refractivity contribution in [1.29, 1.82) is 0 Å². The fraction of sp³-hybridized carbons (Fsp3) is 0.400. The Labute approximate surface area is 123 Å². The monoisotopic (exact) mass is 289 g/mol. The van der Waals surface area contributed by atoms with E-state index in [1.54, 1.807) is 0 Å². The third-order valence-corrected chi connectivity index (χ3v) is 3.52. The predicted molar refractivity (Wildman–Crippen MR) is 82.2 cm³/mol. The standard InChI is InChI=1S/C15H19N3OS/c1-10-5-7-11(8-6-10)13(19)16-14-18-17-12(20-14)9-15(2,3)4/h5-8H,9H2,1-4H3,(H,16,18,19). The molecule has 1 N–H and O–H groups in total. The maximum atomic E-state index is 12.0. The SMILES string of the molecule is Cc1ccc(C(=O)Nc2nnc(CC(C)(C)C)s2)cc1. The van der Waals surface area contributed by atoms with Gasteiger partial charge in [0.15, 0.2) is 0 Å².